The molecule has 238 valence electrons. The van der Waals surface area contributed by atoms with Crippen molar-refractivity contribution in [3.05, 3.63) is 97.1 Å². The Morgan fingerprint density at radius 3 is 1.82 bits per heavy atom. The van der Waals surface area contributed by atoms with Crippen LogP contribution in [0.25, 0.3) is 22.3 Å². The van der Waals surface area contributed by atoms with Crippen molar-refractivity contribution in [1.82, 2.24) is 0 Å². The van der Waals surface area contributed by atoms with Crippen molar-refractivity contribution in [3.8, 4) is 39.5 Å². The van der Waals surface area contributed by atoms with Crippen molar-refractivity contribution >= 4 is 23.7 Å². The summed E-state index contributed by atoms with van der Waals surface area (Å²) in [6.07, 6.45) is 2.03. The maximum atomic E-state index is 11.8. The van der Waals surface area contributed by atoms with Gasteiger partial charge in [0.1, 0.15) is 32.2 Å². The number of hydrogen-bond donors (Lipinski definition) is 0. The number of ether oxygens (including phenoxy) is 6. The van der Waals surface area contributed by atoms with Crippen LogP contribution in [-0.4, -0.2) is 58.0 Å². The lowest BCUT2D eigenvalue weighted by atomic mass is 9.99. The van der Waals surface area contributed by atoms with Gasteiger partial charge < -0.3 is 28.4 Å². The van der Waals surface area contributed by atoms with Crippen LogP contribution in [0.1, 0.15) is 20.8 Å². The van der Waals surface area contributed by atoms with Crippen LogP contribution >= 0.6 is 11.8 Å². The summed E-state index contributed by atoms with van der Waals surface area (Å²) in [6, 6.07) is 19.8. The molecule has 0 N–H and O–H groups in total. The van der Waals surface area contributed by atoms with Crippen LogP contribution in [0.5, 0.6) is 17.2 Å². The van der Waals surface area contributed by atoms with Gasteiger partial charge in [-0.2, -0.15) is 0 Å². The largest absolute Gasteiger partial charge is 0.486 e. The number of thioether (sulfide) groups is 1. The first kappa shape index (κ1) is 35.0. The predicted octanol–water partition coefficient (Wildman–Crippen LogP) is 7.67. The molecule has 0 saturated carbocycles. The van der Waals surface area contributed by atoms with Crippen molar-refractivity contribution in [2.45, 2.75) is 25.7 Å². The zero-order chi connectivity index (χ0) is 32.8. The average molecular weight is 633 g/mol. The van der Waals surface area contributed by atoms with E-state index in [0.29, 0.717) is 29.3 Å². The Balaban J connectivity index is 1.77. The molecule has 3 aromatic carbocycles. The molecule has 3 aromatic rings. The molecule has 0 atom stereocenters. The highest BCUT2D eigenvalue weighted by atomic mass is 32.2. The molecule has 9 heteroatoms. The van der Waals surface area contributed by atoms with Gasteiger partial charge in [-0.15, -0.1) is 11.8 Å². The molecule has 0 aromatic heterocycles. The molecular formula is C36H40O8S. The molecule has 0 heterocycles. The minimum absolute atomic E-state index is 0.0433. The van der Waals surface area contributed by atoms with Gasteiger partial charge in [-0.1, -0.05) is 55.6 Å². The highest BCUT2D eigenvalue weighted by Crippen LogP contribution is 2.38. The molecule has 0 aliphatic carbocycles. The van der Waals surface area contributed by atoms with Gasteiger partial charge in [0.15, 0.2) is 18.3 Å². The van der Waals surface area contributed by atoms with Crippen LogP contribution in [0.3, 0.4) is 0 Å². The Bertz CT molecular complexity index is 1510. The van der Waals surface area contributed by atoms with E-state index in [9.17, 15) is 9.59 Å². The second kappa shape index (κ2) is 17.7. The third-order valence-electron chi connectivity index (χ3n) is 6.15. The Hall–Kier alpha value is -4.47. The molecular weight excluding hydrogens is 592 g/mol. The lowest BCUT2D eigenvalue weighted by Crippen LogP contribution is -2.14. The summed E-state index contributed by atoms with van der Waals surface area (Å²) in [6.45, 7) is 17.0. The van der Waals surface area contributed by atoms with Crippen LogP contribution in [0, 0.1) is 0 Å². The Morgan fingerprint density at radius 2 is 1.24 bits per heavy atom. The number of carbonyl (C=O) groups is 2. The smallest absolute Gasteiger partial charge is 0.333 e. The van der Waals surface area contributed by atoms with Crippen LogP contribution < -0.4 is 14.2 Å². The number of carbonyl (C=O) groups excluding carboxylic acids is 2. The summed E-state index contributed by atoms with van der Waals surface area (Å²) < 4.78 is 33.2. The van der Waals surface area contributed by atoms with Gasteiger partial charge in [0.05, 0.1) is 6.61 Å². The van der Waals surface area contributed by atoms with Crippen molar-refractivity contribution in [2.75, 3.05) is 46.1 Å². The molecule has 0 amide bonds. The van der Waals surface area contributed by atoms with Gasteiger partial charge in [0, 0.05) is 16.0 Å². The topological polar surface area (TPSA) is 89.5 Å². The van der Waals surface area contributed by atoms with E-state index in [1.165, 1.54) is 0 Å². The predicted molar refractivity (Wildman–Crippen MR) is 178 cm³/mol. The van der Waals surface area contributed by atoms with Crippen LogP contribution in [0.15, 0.2) is 102 Å². The lowest BCUT2D eigenvalue weighted by molar-refractivity contribution is -0.140. The molecule has 3 rings (SSSR count). The number of esters is 2. The maximum Gasteiger partial charge on any atom is 0.333 e. The van der Waals surface area contributed by atoms with Crippen molar-refractivity contribution in [1.29, 1.82) is 0 Å². The van der Waals surface area contributed by atoms with Crippen molar-refractivity contribution < 1.29 is 38.0 Å². The summed E-state index contributed by atoms with van der Waals surface area (Å²) in [5.41, 5.74) is 5.61. The molecule has 8 nitrogen and oxygen atoms in total. The molecule has 0 unspecified atom stereocenters. The van der Waals surface area contributed by atoms with Crippen molar-refractivity contribution in [3.63, 3.8) is 0 Å². The van der Waals surface area contributed by atoms with Gasteiger partial charge in [0.25, 0.3) is 0 Å². The second-order valence-corrected chi connectivity index (χ2v) is 11.0. The molecule has 45 heavy (non-hydrogen) atoms. The van der Waals surface area contributed by atoms with Gasteiger partial charge in [0.2, 0.25) is 0 Å². The average Bonchev–Trinajstić information content (AvgIpc) is 3.03. The SMILES string of the molecule is C=C(C)COCOc1ccc(-c2ccc(-c3ccc(OCCOC(=O)C(=C)C)c(OCCOC(=O)C(=C)C)c3)c(SC)c2)cc1. The summed E-state index contributed by atoms with van der Waals surface area (Å²) in [4.78, 5) is 24.5. The summed E-state index contributed by atoms with van der Waals surface area (Å²) in [5, 5.41) is 0. The molecule has 0 aliphatic rings. The zero-order valence-corrected chi connectivity index (χ0v) is 27.1. The Labute approximate surface area is 269 Å². The molecule has 0 bridgehead atoms. The fourth-order valence-corrected chi connectivity index (χ4v) is 4.56. The molecule has 0 radical (unpaired) electrons. The van der Waals surface area contributed by atoms with Crippen molar-refractivity contribution in [2.24, 2.45) is 0 Å². The number of rotatable bonds is 18. The van der Waals surface area contributed by atoms with E-state index in [-0.39, 0.29) is 33.2 Å². The van der Waals surface area contributed by atoms with E-state index in [1.54, 1.807) is 25.6 Å². The van der Waals surface area contributed by atoms with Gasteiger partial charge >= 0.3 is 11.9 Å². The van der Waals surface area contributed by atoms with E-state index in [0.717, 1.165) is 38.5 Å². The standard InChI is InChI=1S/C36H40O8S/c1-24(2)22-39-23-44-30-12-8-27(9-13-30)28-10-14-31(34(21-28)45-7)29-11-15-32(40-16-18-42-35(37)25(3)4)33(20-29)41-17-19-43-36(38)26(5)6/h8-15,20-21H,1,3,5,16-19,22-23H2,2,4,6-7H3. The molecule has 0 fully saturated rings. The normalized spacial score (nSPS) is 10.5. The van der Waals surface area contributed by atoms with Gasteiger partial charge in [-0.25, -0.2) is 9.59 Å². The fraction of sp³-hybridized carbons (Fsp3) is 0.278. The molecule has 0 spiro atoms. The summed E-state index contributed by atoms with van der Waals surface area (Å²) in [5.74, 6) is 0.684. The third kappa shape index (κ3) is 11.2. The zero-order valence-electron chi connectivity index (χ0n) is 26.3. The fourth-order valence-electron chi connectivity index (χ4n) is 3.90. The van der Waals surface area contributed by atoms with Crippen LogP contribution in [0.2, 0.25) is 0 Å². The van der Waals surface area contributed by atoms with Crippen LogP contribution in [0.4, 0.5) is 0 Å². The first-order valence-electron chi connectivity index (χ1n) is 14.3. The maximum absolute atomic E-state index is 11.8. The van der Waals surface area contributed by atoms with E-state index in [2.05, 4.69) is 37.9 Å². The molecule has 0 saturated heterocycles. The lowest BCUT2D eigenvalue weighted by Gasteiger charge is -2.16. The van der Waals surface area contributed by atoms with E-state index in [4.69, 9.17) is 28.4 Å². The van der Waals surface area contributed by atoms with E-state index in [1.807, 2.05) is 55.6 Å². The molecule has 0 aliphatic heterocycles. The Kier molecular flexibility index (Phi) is 13.8. The highest BCUT2D eigenvalue weighted by Gasteiger charge is 2.14. The minimum Gasteiger partial charge on any atom is -0.486 e. The monoisotopic (exact) mass is 632 g/mol. The number of hydrogen-bond acceptors (Lipinski definition) is 9. The third-order valence-corrected chi connectivity index (χ3v) is 6.92. The van der Waals surface area contributed by atoms with Gasteiger partial charge in [-0.3, -0.25) is 0 Å². The van der Waals surface area contributed by atoms with Gasteiger partial charge in [-0.05, 0) is 79.6 Å². The van der Waals surface area contributed by atoms with Crippen LogP contribution in [-0.2, 0) is 23.8 Å². The van der Waals surface area contributed by atoms with E-state index >= 15 is 0 Å². The Morgan fingerprint density at radius 1 is 0.667 bits per heavy atom. The first-order chi connectivity index (χ1) is 21.6. The number of benzene rings is 3. The first-order valence-corrected chi connectivity index (χ1v) is 15.5. The second-order valence-electron chi connectivity index (χ2n) is 10.2. The minimum atomic E-state index is -0.484. The highest BCUT2D eigenvalue weighted by molar-refractivity contribution is 7.98. The van der Waals surface area contributed by atoms with E-state index < -0.39 is 11.9 Å². The quantitative estimate of drug-likeness (QED) is 0.0350. The summed E-state index contributed by atoms with van der Waals surface area (Å²) in [7, 11) is 0. The summed E-state index contributed by atoms with van der Waals surface area (Å²) >= 11 is 1.64.